The number of allylic oxidation sites excluding steroid dienone is 1. The van der Waals surface area contributed by atoms with Crippen LogP contribution in [0.1, 0.15) is 93.7 Å². The zero-order valence-electron chi connectivity index (χ0n) is 22.7. The zero-order valence-corrected chi connectivity index (χ0v) is 22.7. The van der Waals surface area contributed by atoms with E-state index in [1.807, 2.05) is 0 Å². The summed E-state index contributed by atoms with van der Waals surface area (Å²) in [6.07, 6.45) is 0.678. The van der Waals surface area contributed by atoms with E-state index in [2.05, 4.69) is 11.7 Å². The van der Waals surface area contributed by atoms with Crippen LogP contribution in [0.5, 0.6) is 5.75 Å². The van der Waals surface area contributed by atoms with Gasteiger partial charge in [-0.1, -0.05) is 32.6 Å². The highest BCUT2D eigenvalue weighted by Crippen LogP contribution is 2.45. The van der Waals surface area contributed by atoms with Crippen molar-refractivity contribution < 1.29 is 44.3 Å². The molecule has 0 aromatic heterocycles. The van der Waals surface area contributed by atoms with Crippen LogP contribution in [-0.2, 0) is 6.11 Å². The predicted octanol–water partition coefficient (Wildman–Crippen LogP) is 10.8. The molecule has 0 N–H and O–H groups in total. The van der Waals surface area contributed by atoms with Crippen LogP contribution in [0.4, 0.5) is 39.5 Å². The quantitative estimate of drug-likeness (QED) is 0.277. The summed E-state index contributed by atoms with van der Waals surface area (Å²) in [6.45, 7) is 2.20. The third kappa shape index (κ3) is 7.80. The summed E-state index contributed by atoms with van der Waals surface area (Å²) in [4.78, 5) is 0. The highest BCUT2D eigenvalue weighted by molar-refractivity contribution is 5.53. The summed E-state index contributed by atoms with van der Waals surface area (Å²) in [5.41, 5.74) is -2.60. The molecule has 0 unspecified atom stereocenters. The monoisotopic (exact) mass is 592 g/mol. The van der Waals surface area contributed by atoms with E-state index in [-0.39, 0.29) is 29.7 Å². The van der Waals surface area contributed by atoms with E-state index in [0.29, 0.717) is 24.7 Å². The van der Waals surface area contributed by atoms with E-state index in [1.165, 1.54) is 38.5 Å². The molecule has 2 aliphatic carbocycles. The van der Waals surface area contributed by atoms with Gasteiger partial charge in [-0.05, 0) is 86.0 Å². The van der Waals surface area contributed by atoms with E-state index in [0.717, 1.165) is 30.9 Å². The van der Waals surface area contributed by atoms with E-state index < -0.39 is 58.5 Å². The van der Waals surface area contributed by atoms with Crippen LogP contribution in [0.3, 0.4) is 0 Å². The van der Waals surface area contributed by atoms with Gasteiger partial charge in [0.05, 0.1) is 0 Å². The fourth-order valence-corrected chi connectivity index (χ4v) is 6.54. The number of hydrogen-bond donors (Lipinski definition) is 0. The Morgan fingerprint density at radius 1 is 0.732 bits per heavy atom. The van der Waals surface area contributed by atoms with Crippen LogP contribution in [0.2, 0.25) is 0 Å². The molecule has 41 heavy (non-hydrogen) atoms. The van der Waals surface area contributed by atoms with Gasteiger partial charge in [0.25, 0.3) is 0 Å². The second kappa shape index (κ2) is 12.7. The smallest absolute Gasteiger partial charge is 0.429 e. The van der Waals surface area contributed by atoms with E-state index >= 15 is 0 Å². The SMILES string of the molecule is CCCC1CCC(C2CCC(c3cc(F)c(C(F)(F)Oc4cc(F)c(C=CC(F)(F)F)c(F)c4)c(F)c3)CC2)CC1. The molecule has 0 heterocycles. The van der Waals surface area contributed by atoms with E-state index in [4.69, 9.17) is 0 Å². The minimum atomic E-state index is -4.87. The van der Waals surface area contributed by atoms with Crippen molar-refractivity contribution in [3.05, 3.63) is 70.3 Å². The third-order valence-corrected chi connectivity index (χ3v) is 8.59. The minimum Gasteiger partial charge on any atom is -0.429 e. The lowest BCUT2D eigenvalue weighted by Crippen LogP contribution is -2.27. The first-order valence-corrected chi connectivity index (χ1v) is 14.1. The Balaban J connectivity index is 1.43. The molecular formula is C31H33F9O. The Morgan fingerprint density at radius 3 is 1.73 bits per heavy atom. The predicted molar refractivity (Wildman–Crippen MR) is 137 cm³/mol. The Bertz CT molecular complexity index is 1170. The first kappa shape index (κ1) is 31.3. The molecule has 2 aromatic carbocycles. The fraction of sp³-hybridized carbons (Fsp3) is 0.548. The van der Waals surface area contributed by atoms with Gasteiger partial charge >= 0.3 is 12.3 Å². The number of alkyl halides is 5. The van der Waals surface area contributed by atoms with Crippen LogP contribution in [-0.4, -0.2) is 6.18 Å². The van der Waals surface area contributed by atoms with Crippen LogP contribution >= 0.6 is 0 Å². The van der Waals surface area contributed by atoms with Crippen molar-refractivity contribution in [2.45, 2.75) is 89.3 Å². The summed E-state index contributed by atoms with van der Waals surface area (Å²) in [7, 11) is 0. The van der Waals surface area contributed by atoms with Gasteiger partial charge in [-0.15, -0.1) is 0 Å². The van der Waals surface area contributed by atoms with Crippen molar-refractivity contribution in [2.24, 2.45) is 17.8 Å². The lowest BCUT2D eigenvalue weighted by Gasteiger charge is -2.38. The van der Waals surface area contributed by atoms with Gasteiger partial charge in [-0.2, -0.15) is 22.0 Å². The highest BCUT2D eigenvalue weighted by Gasteiger charge is 2.42. The fourth-order valence-electron chi connectivity index (χ4n) is 6.54. The lowest BCUT2D eigenvalue weighted by atomic mass is 9.68. The summed E-state index contributed by atoms with van der Waals surface area (Å²) in [5.74, 6) is -5.71. The summed E-state index contributed by atoms with van der Waals surface area (Å²) in [6, 6.07) is 2.13. The first-order valence-electron chi connectivity index (χ1n) is 14.1. The molecule has 0 amide bonds. The van der Waals surface area contributed by atoms with Crippen LogP contribution < -0.4 is 4.74 Å². The molecule has 2 fully saturated rings. The lowest BCUT2D eigenvalue weighted by molar-refractivity contribution is -0.189. The minimum absolute atomic E-state index is 0.0934. The first-order chi connectivity index (χ1) is 19.3. The second-order valence-corrected chi connectivity index (χ2v) is 11.3. The Labute approximate surface area is 233 Å². The van der Waals surface area contributed by atoms with Gasteiger partial charge in [0, 0.05) is 23.8 Å². The summed E-state index contributed by atoms with van der Waals surface area (Å²) >= 11 is 0. The highest BCUT2D eigenvalue weighted by atomic mass is 19.4. The number of hydrogen-bond acceptors (Lipinski definition) is 1. The molecular weight excluding hydrogens is 559 g/mol. The average molecular weight is 593 g/mol. The number of rotatable bonds is 8. The molecule has 2 aliphatic rings. The molecule has 4 rings (SSSR count). The molecule has 0 saturated heterocycles. The third-order valence-electron chi connectivity index (χ3n) is 8.59. The second-order valence-electron chi connectivity index (χ2n) is 11.3. The van der Waals surface area contributed by atoms with Crippen molar-refractivity contribution in [1.29, 1.82) is 0 Å². The van der Waals surface area contributed by atoms with Crippen molar-refractivity contribution in [1.82, 2.24) is 0 Å². The zero-order chi connectivity index (χ0) is 29.9. The van der Waals surface area contributed by atoms with Crippen molar-refractivity contribution in [3.8, 4) is 5.75 Å². The van der Waals surface area contributed by atoms with E-state index in [9.17, 15) is 39.5 Å². The molecule has 0 spiro atoms. The van der Waals surface area contributed by atoms with Gasteiger partial charge in [0.2, 0.25) is 0 Å². The van der Waals surface area contributed by atoms with Gasteiger partial charge in [-0.25, -0.2) is 17.6 Å². The van der Waals surface area contributed by atoms with Crippen LogP contribution in [0.15, 0.2) is 30.3 Å². The summed E-state index contributed by atoms with van der Waals surface area (Å²) in [5, 5.41) is 0. The average Bonchev–Trinajstić information content (AvgIpc) is 2.87. The molecule has 10 heteroatoms. The Kier molecular flexibility index (Phi) is 9.69. The topological polar surface area (TPSA) is 9.23 Å². The van der Waals surface area contributed by atoms with Gasteiger partial charge in [-0.3, -0.25) is 0 Å². The number of halogens is 9. The maximum Gasteiger partial charge on any atom is 0.432 e. The molecule has 0 atom stereocenters. The molecule has 1 nitrogen and oxygen atoms in total. The van der Waals surface area contributed by atoms with Gasteiger partial charge in [0.1, 0.15) is 34.6 Å². The Morgan fingerprint density at radius 2 is 1.24 bits per heavy atom. The molecule has 0 aliphatic heterocycles. The van der Waals surface area contributed by atoms with Crippen molar-refractivity contribution >= 4 is 6.08 Å². The van der Waals surface area contributed by atoms with Crippen LogP contribution in [0.25, 0.3) is 6.08 Å². The molecule has 2 aromatic rings. The Hall–Kier alpha value is -2.65. The maximum atomic E-state index is 14.9. The largest absolute Gasteiger partial charge is 0.432 e. The standard InChI is InChI=1S/C31H33F9O/c1-2-3-18-4-6-19(7-5-18)20-8-10-21(11-9-20)22-14-27(34)29(28(35)15-22)31(39,40)41-23-16-25(32)24(26(33)17-23)12-13-30(36,37)38/h12-21H,2-11H2,1H3. The molecule has 2 saturated carbocycles. The normalized spacial score (nSPS) is 24.1. The number of benzene rings is 2. The molecule has 0 radical (unpaired) electrons. The maximum absolute atomic E-state index is 14.9. The number of ether oxygens (including phenoxy) is 1. The van der Waals surface area contributed by atoms with Gasteiger partial charge < -0.3 is 4.74 Å². The molecule has 226 valence electrons. The van der Waals surface area contributed by atoms with Crippen LogP contribution in [0, 0.1) is 41.0 Å². The molecule has 0 bridgehead atoms. The van der Waals surface area contributed by atoms with E-state index in [1.54, 1.807) is 0 Å². The van der Waals surface area contributed by atoms with Crippen molar-refractivity contribution in [3.63, 3.8) is 0 Å². The van der Waals surface area contributed by atoms with Crippen molar-refractivity contribution in [2.75, 3.05) is 0 Å². The van der Waals surface area contributed by atoms with Gasteiger partial charge in [0.15, 0.2) is 0 Å². The summed E-state index contributed by atoms with van der Waals surface area (Å²) < 4.78 is 129.